The van der Waals surface area contributed by atoms with Crippen LogP contribution in [0.15, 0.2) is 47.4 Å². The number of pyridine rings is 1. The second kappa shape index (κ2) is 7.12. The fourth-order valence-electron chi connectivity index (χ4n) is 1.94. The van der Waals surface area contributed by atoms with Crippen molar-refractivity contribution in [1.82, 2.24) is 4.57 Å². The van der Waals surface area contributed by atoms with Crippen molar-refractivity contribution in [2.45, 2.75) is 13.0 Å². The van der Waals surface area contributed by atoms with Gasteiger partial charge in [0, 0.05) is 17.3 Å². The lowest BCUT2D eigenvalue weighted by Crippen LogP contribution is -2.21. The van der Waals surface area contributed by atoms with Gasteiger partial charge in [0.15, 0.2) is 0 Å². The van der Waals surface area contributed by atoms with Crippen molar-refractivity contribution in [1.29, 1.82) is 0 Å². The molecule has 0 aliphatic rings. The van der Waals surface area contributed by atoms with E-state index >= 15 is 0 Å². The summed E-state index contributed by atoms with van der Waals surface area (Å²) >= 11 is 5.96. The number of aromatic nitrogens is 1. The van der Waals surface area contributed by atoms with Crippen LogP contribution in [0.25, 0.3) is 0 Å². The van der Waals surface area contributed by atoms with Gasteiger partial charge in [-0.25, -0.2) is 0 Å². The van der Waals surface area contributed by atoms with Gasteiger partial charge in [0.1, 0.15) is 12.4 Å². The molecule has 0 unspecified atom stereocenters. The Balaban J connectivity index is 2.01. The van der Waals surface area contributed by atoms with Crippen molar-refractivity contribution >= 4 is 11.6 Å². The van der Waals surface area contributed by atoms with Crippen molar-refractivity contribution in [3.8, 4) is 5.75 Å². The normalized spacial score (nSPS) is 10.5. The van der Waals surface area contributed by atoms with Crippen molar-refractivity contribution in [3.05, 3.63) is 63.5 Å². The smallest absolute Gasteiger partial charge is 0.250 e. The van der Waals surface area contributed by atoms with Crippen LogP contribution in [0, 0.1) is 0 Å². The van der Waals surface area contributed by atoms with Crippen molar-refractivity contribution in [2.75, 3.05) is 13.2 Å². The molecule has 5 heteroatoms. The summed E-state index contributed by atoms with van der Waals surface area (Å²) in [5.41, 5.74) is 6.53. The number of hydrogen-bond donors (Lipinski definition) is 1. The molecule has 2 rings (SSSR count). The summed E-state index contributed by atoms with van der Waals surface area (Å²) in [7, 11) is 0. The Labute approximate surface area is 122 Å². The molecule has 0 spiro atoms. The molecule has 2 N–H and O–H groups in total. The summed E-state index contributed by atoms with van der Waals surface area (Å²) in [6.45, 7) is 1.46. The molecule has 0 saturated heterocycles. The van der Waals surface area contributed by atoms with Gasteiger partial charge < -0.3 is 15.0 Å². The Hall–Kier alpha value is -1.78. The Morgan fingerprint density at radius 3 is 2.85 bits per heavy atom. The van der Waals surface area contributed by atoms with Crippen molar-refractivity contribution in [3.63, 3.8) is 0 Å². The maximum absolute atomic E-state index is 11.5. The first-order valence-electron chi connectivity index (χ1n) is 6.47. The minimum atomic E-state index is -0.0330. The fraction of sp³-hybridized carbons (Fsp3) is 0.267. The van der Waals surface area contributed by atoms with Gasteiger partial charge in [-0.2, -0.15) is 0 Å². The minimum absolute atomic E-state index is 0.0330. The zero-order valence-electron chi connectivity index (χ0n) is 11.1. The van der Waals surface area contributed by atoms with Crippen LogP contribution in [0.5, 0.6) is 5.75 Å². The molecule has 0 atom stereocenters. The molecule has 0 aliphatic heterocycles. The van der Waals surface area contributed by atoms with Gasteiger partial charge in [-0.05, 0) is 42.8 Å². The first-order chi connectivity index (χ1) is 9.70. The van der Waals surface area contributed by atoms with E-state index < -0.39 is 0 Å². The molecule has 2 aromatic rings. The number of nitrogens with two attached hydrogens (primary N) is 1. The molecule has 0 fully saturated rings. The van der Waals surface area contributed by atoms with Crippen LogP contribution in [0.1, 0.15) is 5.56 Å². The van der Waals surface area contributed by atoms with Gasteiger partial charge >= 0.3 is 0 Å². The lowest BCUT2D eigenvalue weighted by atomic mass is 10.1. The first kappa shape index (κ1) is 14.6. The van der Waals surface area contributed by atoms with E-state index in [9.17, 15) is 4.79 Å². The van der Waals surface area contributed by atoms with Crippen LogP contribution in [-0.4, -0.2) is 17.7 Å². The van der Waals surface area contributed by atoms with Crippen molar-refractivity contribution < 1.29 is 4.74 Å². The third-order valence-electron chi connectivity index (χ3n) is 2.92. The highest BCUT2D eigenvalue weighted by Gasteiger charge is 2.04. The summed E-state index contributed by atoms with van der Waals surface area (Å²) in [5.74, 6) is 0.767. The predicted molar refractivity (Wildman–Crippen MR) is 80.4 cm³/mol. The Morgan fingerprint density at radius 2 is 2.10 bits per heavy atom. The topological polar surface area (TPSA) is 57.2 Å². The van der Waals surface area contributed by atoms with Gasteiger partial charge in [0.25, 0.3) is 5.56 Å². The molecular formula is C15H17ClN2O2. The molecule has 1 heterocycles. The molecule has 20 heavy (non-hydrogen) atoms. The monoisotopic (exact) mass is 292 g/mol. The van der Waals surface area contributed by atoms with Crippen LogP contribution in [0.4, 0.5) is 0 Å². The zero-order valence-corrected chi connectivity index (χ0v) is 11.8. The largest absolute Gasteiger partial charge is 0.491 e. The van der Waals surface area contributed by atoms with Gasteiger partial charge in [0.2, 0.25) is 0 Å². The number of halogens is 1. The lowest BCUT2D eigenvalue weighted by molar-refractivity contribution is 0.293. The molecule has 4 nitrogen and oxygen atoms in total. The van der Waals surface area contributed by atoms with E-state index in [-0.39, 0.29) is 5.56 Å². The third kappa shape index (κ3) is 3.85. The van der Waals surface area contributed by atoms with Crippen LogP contribution >= 0.6 is 11.6 Å². The maximum Gasteiger partial charge on any atom is 0.250 e. The van der Waals surface area contributed by atoms with E-state index in [1.165, 1.54) is 6.07 Å². The van der Waals surface area contributed by atoms with Crippen LogP contribution < -0.4 is 16.0 Å². The van der Waals surface area contributed by atoms with Crippen LogP contribution in [-0.2, 0) is 13.0 Å². The molecule has 0 saturated carbocycles. The number of ether oxygens (including phenoxy) is 1. The Bertz CT molecular complexity index is 625. The van der Waals surface area contributed by atoms with Crippen molar-refractivity contribution in [2.24, 2.45) is 5.73 Å². The lowest BCUT2D eigenvalue weighted by Gasteiger charge is -2.12. The summed E-state index contributed by atoms with van der Waals surface area (Å²) in [6.07, 6.45) is 2.45. The highest BCUT2D eigenvalue weighted by atomic mass is 35.5. The molecule has 1 aromatic carbocycles. The molecular weight excluding hydrogens is 276 g/mol. The van der Waals surface area contributed by atoms with Crippen LogP contribution in [0.2, 0.25) is 5.02 Å². The Morgan fingerprint density at radius 1 is 1.25 bits per heavy atom. The second-order valence-corrected chi connectivity index (χ2v) is 4.81. The first-order valence-corrected chi connectivity index (χ1v) is 6.85. The Kier molecular flexibility index (Phi) is 5.21. The summed E-state index contributed by atoms with van der Waals surface area (Å²) in [4.78, 5) is 11.5. The minimum Gasteiger partial charge on any atom is -0.491 e. The van der Waals surface area contributed by atoms with E-state index in [1.54, 1.807) is 22.9 Å². The second-order valence-electron chi connectivity index (χ2n) is 4.37. The summed E-state index contributed by atoms with van der Waals surface area (Å²) in [5, 5.41) is 0.667. The summed E-state index contributed by atoms with van der Waals surface area (Å²) < 4.78 is 7.34. The van der Waals surface area contributed by atoms with Gasteiger partial charge in [0.05, 0.1) is 6.54 Å². The van der Waals surface area contributed by atoms with E-state index in [4.69, 9.17) is 22.1 Å². The third-order valence-corrected chi connectivity index (χ3v) is 3.16. The molecule has 106 valence electrons. The van der Waals surface area contributed by atoms with E-state index in [0.717, 1.165) is 11.3 Å². The number of benzene rings is 1. The molecule has 1 aromatic heterocycles. The predicted octanol–water partition coefficient (Wildman–Crippen LogP) is 2.08. The molecule has 0 aliphatic carbocycles. The average molecular weight is 293 g/mol. The standard InChI is InChI=1S/C15H17ClN2O2/c16-13-4-5-14(12(11-13)6-7-17)20-10-9-18-8-2-1-3-15(18)19/h1-5,8,11H,6-7,9-10,17H2. The number of hydrogen-bond acceptors (Lipinski definition) is 3. The number of rotatable bonds is 6. The molecule has 0 amide bonds. The maximum atomic E-state index is 11.5. The zero-order chi connectivity index (χ0) is 14.4. The van der Waals surface area contributed by atoms with E-state index in [1.807, 2.05) is 18.2 Å². The average Bonchev–Trinajstić information content (AvgIpc) is 2.43. The van der Waals surface area contributed by atoms with Gasteiger partial charge in [-0.1, -0.05) is 17.7 Å². The number of nitrogens with zero attached hydrogens (tertiary/aromatic N) is 1. The van der Waals surface area contributed by atoms with Gasteiger partial charge in [-0.3, -0.25) is 4.79 Å². The van der Waals surface area contributed by atoms with Gasteiger partial charge in [-0.15, -0.1) is 0 Å². The molecule has 0 radical (unpaired) electrons. The molecule has 0 bridgehead atoms. The fourth-order valence-corrected chi connectivity index (χ4v) is 2.13. The van der Waals surface area contributed by atoms with E-state index in [2.05, 4.69) is 0 Å². The SMILES string of the molecule is NCCc1cc(Cl)ccc1OCCn1ccccc1=O. The van der Waals surface area contributed by atoms with Crippen LogP contribution in [0.3, 0.4) is 0 Å². The quantitative estimate of drug-likeness (QED) is 0.887. The highest BCUT2D eigenvalue weighted by Crippen LogP contribution is 2.23. The van der Waals surface area contributed by atoms with E-state index in [0.29, 0.717) is 31.1 Å². The highest BCUT2D eigenvalue weighted by molar-refractivity contribution is 6.30. The summed E-state index contributed by atoms with van der Waals surface area (Å²) in [6, 6.07) is 10.6.